The molecule has 0 fully saturated rings. The number of fused-ring (bicyclic) bond motifs is 4. The third-order valence-electron chi connectivity index (χ3n) is 7.18. The molecular formula is C31H25NO2S. The van der Waals surface area contributed by atoms with E-state index in [1.54, 1.807) is 17.8 Å². The lowest BCUT2D eigenvalue weighted by Gasteiger charge is -2.30. The van der Waals surface area contributed by atoms with Crippen molar-refractivity contribution in [1.29, 1.82) is 5.26 Å². The minimum absolute atomic E-state index is 0.148. The molecule has 1 aliphatic rings. The predicted molar refractivity (Wildman–Crippen MR) is 143 cm³/mol. The molecule has 35 heavy (non-hydrogen) atoms. The van der Waals surface area contributed by atoms with Crippen molar-refractivity contribution in [2.24, 2.45) is 0 Å². The fourth-order valence-corrected chi connectivity index (χ4v) is 6.24. The van der Waals surface area contributed by atoms with Crippen molar-refractivity contribution < 1.29 is 9.90 Å². The normalized spacial score (nSPS) is 13.8. The zero-order chi connectivity index (χ0) is 24.6. The minimum atomic E-state index is -1.20. The van der Waals surface area contributed by atoms with E-state index in [0.717, 1.165) is 18.4 Å². The van der Waals surface area contributed by atoms with E-state index in [2.05, 4.69) is 86.6 Å². The van der Waals surface area contributed by atoms with Crippen molar-refractivity contribution >= 4 is 34.6 Å². The van der Waals surface area contributed by atoms with Crippen LogP contribution in [0.4, 0.5) is 0 Å². The molecule has 4 aromatic rings. The Bertz CT molecular complexity index is 1540. The molecule has 1 N–H and O–H groups in total. The number of carboxylic acid groups (broad SMARTS) is 1. The first-order valence-corrected chi connectivity index (χ1v) is 12.6. The van der Waals surface area contributed by atoms with E-state index < -0.39 is 5.97 Å². The highest BCUT2D eigenvalue weighted by molar-refractivity contribution is 7.99. The van der Waals surface area contributed by atoms with Crippen LogP contribution in [0.15, 0.2) is 94.2 Å². The van der Waals surface area contributed by atoms with Gasteiger partial charge in [0.15, 0.2) is 0 Å². The Morgan fingerprint density at radius 2 is 1.51 bits per heavy atom. The lowest BCUT2D eigenvalue weighted by molar-refractivity contribution is -0.132. The van der Waals surface area contributed by atoms with Gasteiger partial charge in [-0.05, 0) is 81.8 Å². The van der Waals surface area contributed by atoms with Crippen LogP contribution in [0.2, 0.25) is 0 Å². The highest BCUT2D eigenvalue weighted by atomic mass is 32.2. The monoisotopic (exact) mass is 475 g/mol. The van der Waals surface area contributed by atoms with E-state index in [-0.39, 0.29) is 11.0 Å². The maximum Gasteiger partial charge on any atom is 0.346 e. The number of rotatable bonds is 6. The van der Waals surface area contributed by atoms with Crippen LogP contribution < -0.4 is 0 Å². The summed E-state index contributed by atoms with van der Waals surface area (Å²) in [7, 11) is 0. The third kappa shape index (κ3) is 3.92. The van der Waals surface area contributed by atoms with Gasteiger partial charge in [0, 0.05) is 15.2 Å². The number of carboxylic acids is 1. The summed E-state index contributed by atoms with van der Waals surface area (Å²) in [5, 5.41) is 21.0. The van der Waals surface area contributed by atoms with E-state index in [1.165, 1.54) is 48.9 Å². The van der Waals surface area contributed by atoms with Gasteiger partial charge in [0.05, 0.1) is 0 Å². The van der Waals surface area contributed by atoms with Crippen molar-refractivity contribution in [2.75, 3.05) is 0 Å². The van der Waals surface area contributed by atoms with E-state index in [1.807, 2.05) is 6.07 Å². The Morgan fingerprint density at radius 1 is 0.886 bits per heavy atom. The molecule has 0 heterocycles. The number of benzene rings is 4. The smallest absolute Gasteiger partial charge is 0.346 e. The summed E-state index contributed by atoms with van der Waals surface area (Å²) in [5.41, 5.74) is 5.30. The average molecular weight is 476 g/mol. The van der Waals surface area contributed by atoms with Gasteiger partial charge in [-0.25, -0.2) is 4.79 Å². The number of hydrogen-bond donors (Lipinski definition) is 1. The number of aliphatic carboxylic acids is 1. The molecule has 0 aromatic heterocycles. The third-order valence-corrected chi connectivity index (χ3v) is 8.16. The van der Waals surface area contributed by atoms with Crippen LogP contribution in [0.5, 0.6) is 0 Å². The van der Waals surface area contributed by atoms with Gasteiger partial charge in [0.25, 0.3) is 0 Å². The van der Waals surface area contributed by atoms with Crippen molar-refractivity contribution in [3.8, 4) is 17.2 Å². The quantitative estimate of drug-likeness (QED) is 0.226. The molecule has 0 bridgehead atoms. The van der Waals surface area contributed by atoms with E-state index >= 15 is 0 Å². The summed E-state index contributed by atoms with van der Waals surface area (Å²) in [6.45, 7) is 4.43. The van der Waals surface area contributed by atoms with Gasteiger partial charge in [0.2, 0.25) is 0 Å². The summed E-state index contributed by atoms with van der Waals surface area (Å²) >= 11 is 1.78. The van der Waals surface area contributed by atoms with E-state index in [9.17, 15) is 15.2 Å². The molecule has 4 aromatic carbocycles. The number of nitrogens with zero attached hydrogens (tertiary/aromatic N) is 1. The predicted octanol–water partition coefficient (Wildman–Crippen LogP) is 8.07. The van der Waals surface area contributed by atoms with Gasteiger partial charge >= 0.3 is 5.97 Å². The van der Waals surface area contributed by atoms with Crippen LogP contribution in [0, 0.1) is 11.3 Å². The summed E-state index contributed by atoms with van der Waals surface area (Å²) in [6.07, 6.45) is 3.33. The Hall–Kier alpha value is -3.81. The van der Waals surface area contributed by atoms with Crippen molar-refractivity contribution in [2.45, 2.75) is 41.9 Å². The number of hydrogen-bond acceptors (Lipinski definition) is 3. The number of carbonyl (C=O) groups is 1. The molecule has 0 amide bonds. The molecule has 172 valence electrons. The van der Waals surface area contributed by atoms with Gasteiger partial charge in [-0.3, -0.25) is 0 Å². The molecule has 0 saturated carbocycles. The van der Waals surface area contributed by atoms with Crippen LogP contribution >= 0.6 is 11.8 Å². The van der Waals surface area contributed by atoms with E-state index in [4.69, 9.17) is 0 Å². The lowest BCUT2D eigenvalue weighted by Crippen LogP contribution is -2.23. The summed E-state index contributed by atoms with van der Waals surface area (Å²) in [4.78, 5) is 13.8. The molecule has 1 aliphatic carbocycles. The van der Waals surface area contributed by atoms with Gasteiger partial charge in [-0.15, -0.1) is 0 Å². The first kappa shape index (κ1) is 23.0. The van der Waals surface area contributed by atoms with Crippen LogP contribution in [-0.2, 0) is 10.2 Å². The fourth-order valence-electron chi connectivity index (χ4n) is 5.33. The summed E-state index contributed by atoms with van der Waals surface area (Å²) in [5.74, 6) is -1.20. The zero-order valence-corrected chi connectivity index (χ0v) is 20.5. The Morgan fingerprint density at radius 3 is 2.20 bits per heavy atom. The van der Waals surface area contributed by atoms with Crippen molar-refractivity contribution in [3.05, 3.63) is 101 Å². The minimum Gasteiger partial charge on any atom is -0.477 e. The topological polar surface area (TPSA) is 61.1 Å². The number of nitriles is 1. The highest BCUT2D eigenvalue weighted by Gasteiger charge is 2.40. The molecule has 0 unspecified atom stereocenters. The Kier molecular flexibility index (Phi) is 5.96. The maximum atomic E-state index is 11.4. The van der Waals surface area contributed by atoms with Crippen molar-refractivity contribution in [1.82, 2.24) is 0 Å². The second kappa shape index (κ2) is 9.09. The maximum absolute atomic E-state index is 11.4. The largest absolute Gasteiger partial charge is 0.477 e. The molecule has 5 rings (SSSR count). The summed E-state index contributed by atoms with van der Waals surface area (Å²) in [6, 6.07) is 29.6. The molecule has 0 spiro atoms. The fraction of sp³-hybridized carbons (Fsp3) is 0.161. The summed E-state index contributed by atoms with van der Waals surface area (Å²) < 4.78 is 0. The average Bonchev–Trinajstić information content (AvgIpc) is 3.15. The van der Waals surface area contributed by atoms with Crippen LogP contribution in [0.1, 0.15) is 43.4 Å². The second-order valence-electron chi connectivity index (χ2n) is 8.89. The first-order valence-electron chi connectivity index (χ1n) is 11.8. The molecular weight excluding hydrogens is 450 g/mol. The first-order chi connectivity index (χ1) is 17.0. The highest BCUT2D eigenvalue weighted by Crippen LogP contribution is 2.54. The molecule has 0 saturated heterocycles. The zero-order valence-electron chi connectivity index (χ0n) is 19.7. The van der Waals surface area contributed by atoms with Gasteiger partial charge in [-0.1, -0.05) is 80.2 Å². The van der Waals surface area contributed by atoms with Gasteiger partial charge in [-0.2, -0.15) is 5.26 Å². The lowest BCUT2D eigenvalue weighted by atomic mass is 9.73. The molecule has 0 radical (unpaired) electrons. The van der Waals surface area contributed by atoms with Crippen molar-refractivity contribution in [3.63, 3.8) is 0 Å². The molecule has 3 nitrogen and oxygen atoms in total. The molecule has 0 aliphatic heterocycles. The van der Waals surface area contributed by atoms with Crippen LogP contribution in [0.3, 0.4) is 0 Å². The Balaban J connectivity index is 1.57. The van der Waals surface area contributed by atoms with Crippen LogP contribution in [-0.4, -0.2) is 11.1 Å². The van der Waals surface area contributed by atoms with Gasteiger partial charge < -0.3 is 5.11 Å². The Labute approximate surface area is 209 Å². The molecule has 4 heteroatoms. The standard InChI is InChI=1S/C31H25NO2S/c1-3-31(4-2)28-16-20(15-23(19-32)30(33)34)9-13-26(28)27-14-12-25(18-29(27)31)35-24-11-10-21-7-5-6-8-22(21)17-24/h5-18H,3-4H2,1-2H3,(H,33,34)/b23-15+. The van der Waals surface area contributed by atoms with Gasteiger partial charge in [0.1, 0.15) is 11.6 Å². The SMILES string of the molecule is CCC1(CC)c2cc(/C=C(\C#N)C(=O)O)ccc2-c2ccc(Sc3ccc4ccccc4c3)cc21. The van der Waals surface area contributed by atoms with E-state index in [0.29, 0.717) is 0 Å². The molecule has 0 atom stereocenters. The second-order valence-corrected chi connectivity index (χ2v) is 10.0. The van der Waals surface area contributed by atoms with Crippen LogP contribution in [0.25, 0.3) is 28.0 Å².